The molecule has 18 heavy (non-hydrogen) atoms. The summed E-state index contributed by atoms with van der Waals surface area (Å²) < 4.78 is 34.9. The summed E-state index contributed by atoms with van der Waals surface area (Å²) in [4.78, 5) is 0. The van der Waals surface area contributed by atoms with Gasteiger partial charge in [0.1, 0.15) is 0 Å². The number of morpholine rings is 1. The normalized spacial score (nSPS) is 30.7. The SMILES string of the molecule is CC1CN(S(=O)(=O)NC2CCCC2)C(C)(C)CO1. The lowest BCUT2D eigenvalue weighted by Gasteiger charge is -2.43. The maximum absolute atomic E-state index is 12.5. The van der Waals surface area contributed by atoms with Gasteiger partial charge in [-0.2, -0.15) is 17.4 Å². The maximum atomic E-state index is 12.5. The minimum absolute atomic E-state index is 0.0434. The third-order valence-corrected chi connectivity index (χ3v) is 5.63. The van der Waals surface area contributed by atoms with Crippen LogP contribution in [0.1, 0.15) is 46.5 Å². The van der Waals surface area contributed by atoms with Crippen LogP contribution in [-0.4, -0.2) is 43.6 Å². The van der Waals surface area contributed by atoms with Crippen molar-refractivity contribution in [2.45, 2.75) is 64.1 Å². The lowest BCUT2D eigenvalue weighted by Crippen LogP contribution is -2.61. The van der Waals surface area contributed by atoms with Gasteiger partial charge < -0.3 is 4.74 Å². The molecule has 1 saturated heterocycles. The predicted molar refractivity (Wildman–Crippen MR) is 70.5 cm³/mol. The molecule has 0 radical (unpaired) electrons. The van der Waals surface area contributed by atoms with Crippen LogP contribution in [0.25, 0.3) is 0 Å². The number of hydrogen-bond acceptors (Lipinski definition) is 3. The number of ether oxygens (including phenoxy) is 1. The van der Waals surface area contributed by atoms with Crippen molar-refractivity contribution in [3.8, 4) is 0 Å². The van der Waals surface area contributed by atoms with E-state index in [1.54, 1.807) is 4.31 Å². The zero-order valence-corrected chi connectivity index (χ0v) is 12.3. The summed E-state index contributed by atoms with van der Waals surface area (Å²) >= 11 is 0. The third-order valence-electron chi connectivity index (χ3n) is 3.78. The molecule has 1 aliphatic carbocycles. The minimum Gasteiger partial charge on any atom is -0.375 e. The first-order valence-corrected chi connectivity index (χ1v) is 8.17. The Kier molecular flexibility index (Phi) is 4.02. The highest BCUT2D eigenvalue weighted by molar-refractivity contribution is 7.87. The fourth-order valence-electron chi connectivity index (χ4n) is 2.69. The Hall–Kier alpha value is -0.170. The molecule has 1 heterocycles. The summed E-state index contributed by atoms with van der Waals surface area (Å²) in [6.45, 7) is 6.60. The molecule has 0 spiro atoms. The van der Waals surface area contributed by atoms with Gasteiger partial charge in [0.05, 0.1) is 18.2 Å². The van der Waals surface area contributed by atoms with Gasteiger partial charge in [0, 0.05) is 12.6 Å². The summed E-state index contributed by atoms with van der Waals surface area (Å²) in [5.74, 6) is 0. The second kappa shape index (κ2) is 5.07. The van der Waals surface area contributed by atoms with Crippen molar-refractivity contribution in [3.63, 3.8) is 0 Å². The molecule has 1 N–H and O–H groups in total. The van der Waals surface area contributed by atoms with Crippen molar-refractivity contribution in [2.24, 2.45) is 0 Å². The lowest BCUT2D eigenvalue weighted by molar-refractivity contribution is -0.0556. The fourth-order valence-corrected chi connectivity index (χ4v) is 4.59. The largest absolute Gasteiger partial charge is 0.375 e. The zero-order chi connectivity index (χ0) is 13.4. The molecule has 1 atom stereocenters. The number of nitrogens with zero attached hydrogens (tertiary/aromatic N) is 1. The molecule has 1 saturated carbocycles. The third kappa shape index (κ3) is 3.04. The molecule has 5 nitrogen and oxygen atoms in total. The first-order chi connectivity index (χ1) is 8.31. The highest BCUT2D eigenvalue weighted by Crippen LogP contribution is 2.26. The smallest absolute Gasteiger partial charge is 0.280 e. The molecule has 106 valence electrons. The summed E-state index contributed by atoms with van der Waals surface area (Å²) in [5.41, 5.74) is -0.475. The van der Waals surface area contributed by atoms with Gasteiger partial charge in [0.25, 0.3) is 10.2 Å². The Balaban J connectivity index is 2.11. The van der Waals surface area contributed by atoms with Gasteiger partial charge in [-0.05, 0) is 33.6 Å². The maximum Gasteiger partial charge on any atom is 0.280 e. The summed E-state index contributed by atoms with van der Waals surface area (Å²) in [6.07, 6.45) is 4.11. The quantitative estimate of drug-likeness (QED) is 0.844. The van der Waals surface area contributed by atoms with Crippen LogP contribution in [0, 0.1) is 0 Å². The second-order valence-corrected chi connectivity index (χ2v) is 7.70. The van der Waals surface area contributed by atoms with Crippen molar-refractivity contribution in [1.29, 1.82) is 0 Å². The van der Waals surface area contributed by atoms with E-state index in [1.165, 1.54) is 0 Å². The van der Waals surface area contributed by atoms with Crippen molar-refractivity contribution in [2.75, 3.05) is 13.2 Å². The van der Waals surface area contributed by atoms with Crippen LogP contribution in [0.3, 0.4) is 0 Å². The van der Waals surface area contributed by atoms with Gasteiger partial charge in [-0.1, -0.05) is 12.8 Å². The minimum atomic E-state index is -3.40. The molecule has 2 fully saturated rings. The van der Waals surface area contributed by atoms with Crippen LogP contribution >= 0.6 is 0 Å². The average Bonchev–Trinajstić information content (AvgIpc) is 2.73. The highest BCUT2D eigenvalue weighted by Gasteiger charge is 2.41. The van der Waals surface area contributed by atoms with Crippen molar-refractivity contribution in [1.82, 2.24) is 9.03 Å². The van der Waals surface area contributed by atoms with E-state index in [9.17, 15) is 8.42 Å². The Morgan fingerprint density at radius 2 is 1.89 bits per heavy atom. The van der Waals surface area contributed by atoms with E-state index in [1.807, 2.05) is 20.8 Å². The molecule has 1 aliphatic heterocycles. The molecule has 0 bridgehead atoms. The average molecular weight is 276 g/mol. The number of rotatable bonds is 3. The van der Waals surface area contributed by atoms with Gasteiger partial charge in [-0.15, -0.1) is 0 Å². The molecule has 2 rings (SSSR count). The van der Waals surface area contributed by atoms with Crippen LogP contribution in [0.15, 0.2) is 0 Å². The van der Waals surface area contributed by atoms with E-state index >= 15 is 0 Å². The van der Waals surface area contributed by atoms with Gasteiger partial charge in [0.2, 0.25) is 0 Å². The van der Waals surface area contributed by atoms with E-state index in [2.05, 4.69) is 4.72 Å². The topological polar surface area (TPSA) is 58.6 Å². The van der Waals surface area contributed by atoms with Crippen LogP contribution in [0.2, 0.25) is 0 Å². The summed E-state index contributed by atoms with van der Waals surface area (Å²) in [7, 11) is -3.40. The Morgan fingerprint density at radius 1 is 1.28 bits per heavy atom. The Morgan fingerprint density at radius 3 is 2.50 bits per heavy atom. The molecule has 0 amide bonds. The van der Waals surface area contributed by atoms with Crippen LogP contribution in [0.4, 0.5) is 0 Å². The molecule has 1 unspecified atom stereocenters. The van der Waals surface area contributed by atoms with Crippen LogP contribution < -0.4 is 4.72 Å². The van der Waals surface area contributed by atoms with E-state index < -0.39 is 15.7 Å². The molecule has 0 aromatic rings. The molecule has 2 aliphatic rings. The van der Waals surface area contributed by atoms with E-state index in [0.29, 0.717) is 13.2 Å². The Bertz CT molecular complexity index is 388. The standard InChI is InChI=1S/C12H24N2O3S/c1-10-8-14(12(2,3)9-17-10)18(15,16)13-11-6-4-5-7-11/h10-11,13H,4-9H2,1-3H3. The monoisotopic (exact) mass is 276 g/mol. The molecular weight excluding hydrogens is 252 g/mol. The highest BCUT2D eigenvalue weighted by atomic mass is 32.2. The predicted octanol–water partition coefficient (Wildman–Crippen LogP) is 1.26. The van der Waals surface area contributed by atoms with Crippen LogP contribution in [-0.2, 0) is 14.9 Å². The molecular formula is C12H24N2O3S. The van der Waals surface area contributed by atoms with Crippen molar-refractivity contribution < 1.29 is 13.2 Å². The van der Waals surface area contributed by atoms with E-state index in [0.717, 1.165) is 25.7 Å². The zero-order valence-electron chi connectivity index (χ0n) is 11.5. The summed E-state index contributed by atoms with van der Waals surface area (Å²) in [5, 5.41) is 0. The molecule has 0 aromatic heterocycles. The summed E-state index contributed by atoms with van der Waals surface area (Å²) in [6, 6.07) is 0.115. The first-order valence-electron chi connectivity index (χ1n) is 6.73. The van der Waals surface area contributed by atoms with Gasteiger partial charge >= 0.3 is 0 Å². The second-order valence-electron chi connectivity index (χ2n) is 6.07. The van der Waals surface area contributed by atoms with Crippen molar-refractivity contribution >= 4 is 10.2 Å². The van der Waals surface area contributed by atoms with Gasteiger partial charge in [-0.25, -0.2) is 0 Å². The Labute approximate surface area is 110 Å². The van der Waals surface area contributed by atoms with Gasteiger partial charge in [0.15, 0.2) is 0 Å². The fraction of sp³-hybridized carbons (Fsp3) is 1.00. The van der Waals surface area contributed by atoms with Gasteiger partial charge in [-0.3, -0.25) is 0 Å². The molecule has 0 aromatic carbocycles. The van der Waals surface area contributed by atoms with Crippen LogP contribution in [0.5, 0.6) is 0 Å². The number of hydrogen-bond donors (Lipinski definition) is 1. The number of nitrogens with one attached hydrogen (secondary N) is 1. The first kappa shape index (κ1) is 14.2. The van der Waals surface area contributed by atoms with Crippen molar-refractivity contribution in [3.05, 3.63) is 0 Å². The molecule has 6 heteroatoms. The van der Waals surface area contributed by atoms with E-state index in [4.69, 9.17) is 4.74 Å². The lowest BCUT2D eigenvalue weighted by atomic mass is 10.1. The van der Waals surface area contributed by atoms with E-state index in [-0.39, 0.29) is 12.1 Å².